The number of hydrogen-bond donors (Lipinski definition) is 2. The van der Waals surface area contributed by atoms with Gasteiger partial charge in [0.1, 0.15) is 0 Å². The Morgan fingerprint density at radius 2 is 1.55 bits per heavy atom. The minimum absolute atomic E-state index is 0.00577. The van der Waals surface area contributed by atoms with Crippen LogP contribution in [0.15, 0.2) is 91.0 Å². The van der Waals surface area contributed by atoms with Crippen LogP contribution in [0, 0.1) is 13.8 Å². The van der Waals surface area contributed by atoms with E-state index in [-0.39, 0.29) is 22.6 Å². The molecule has 0 bridgehead atoms. The van der Waals surface area contributed by atoms with Gasteiger partial charge in [-0.2, -0.15) is 13.2 Å². The molecular formula is C36H33F3N2O3. The zero-order valence-electron chi connectivity index (χ0n) is 24.9. The van der Waals surface area contributed by atoms with E-state index in [0.717, 1.165) is 38.9 Å². The van der Waals surface area contributed by atoms with Crippen molar-refractivity contribution >= 4 is 22.8 Å². The summed E-state index contributed by atoms with van der Waals surface area (Å²) in [5.74, 6) is -1.74. The molecular weight excluding hydrogens is 565 g/mol. The van der Waals surface area contributed by atoms with E-state index in [1.165, 1.54) is 12.1 Å². The van der Waals surface area contributed by atoms with Crippen LogP contribution in [0.2, 0.25) is 0 Å². The second kappa shape index (κ2) is 12.0. The predicted octanol–water partition coefficient (Wildman–Crippen LogP) is 8.83. The van der Waals surface area contributed by atoms with E-state index in [1.54, 1.807) is 54.6 Å². The molecule has 0 radical (unpaired) electrons. The number of carbonyl (C=O) groups excluding carboxylic acids is 1. The van der Waals surface area contributed by atoms with E-state index in [9.17, 15) is 27.9 Å². The molecule has 0 spiro atoms. The second-order valence-corrected chi connectivity index (χ2v) is 11.3. The molecule has 44 heavy (non-hydrogen) atoms. The molecule has 5 rings (SSSR count). The van der Waals surface area contributed by atoms with E-state index in [1.807, 2.05) is 52.0 Å². The van der Waals surface area contributed by atoms with Crippen molar-refractivity contribution in [1.29, 1.82) is 0 Å². The van der Waals surface area contributed by atoms with E-state index in [2.05, 4.69) is 9.88 Å². The number of carboxylic acid groups (broad SMARTS) is 1. The number of rotatable bonds is 8. The van der Waals surface area contributed by atoms with Crippen molar-refractivity contribution in [2.24, 2.45) is 0 Å². The summed E-state index contributed by atoms with van der Waals surface area (Å²) in [6.45, 7) is 8.22. The first kappa shape index (κ1) is 30.6. The quantitative estimate of drug-likeness (QED) is 0.188. The highest BCUT2D eigenvalue weighted by atomic mass is 19.4. The first-order chi connectivity index (χ1) is 20.8. The van der Waals surface area contributed by atoms with E-state index in [4.69, 9.17) is 0 Å². The van der Waals surface area contributed by atoms with Gasteiger partial charge >= 0.3 is 12.1 Å². The molecule has 1 aromatic heterocycles. The summed E-state index contributed by atoms with van der Waals surface area (Å²) in [6.07, 6.45) is -4.67. The fraction of sp³-hybridized carbons (Fsp3) is 0.222. The lowest BCUT2D eigenvalue weighted by atomic mass is 9.97. The second-order valence-electron chi connectivity index (χ2n) is 11.3. The highest BCUT2D eigenvalue weighted by molar-refractivity contribution is 5.99. The molecule has 1 atom stereocenters. The molecule has 0 fully saturated rings. The molecule has 0 aliphatic carbocycles. The van der Waals surface area contributed by atoms with Crippen LogP contribution < -0.4 is 5.32 Å². The molecule has 8 heteroatoms. The van der Waals surface area contributed by atoms with Gasteiger partial charge < -0.3 is 15.0 Å². The molecule has 5 nitrogen and oxygen atoms in total. The molecule has 0 aliphatic rings. The summed E-state index contributed by atoms with van der Waals surface area (Å²) in [5.41, 5.74) is 6.30. The highest BCUT2D eigenvalue weighted by Crippen LogP contribution is 2.35. The van der Waals surface area contributed by atoms with Gasteiger partial charge in [-0.25, -0.2) is 4.79 Å². The van der Waals surface area contributed by atoms with E-state index < -0.39 is 24.1 Å². The van der Waals surface area contributed by atoms with Crippen LogP contribution in [0.25, 0.3) is 22.0 Å². The minimum atomic E-state index is -4.67. The average Bonchev–Trinajstić information content (AvgIpc) is 3.23. The van der Waals surface area contributed by atoms with Crippen LogP contribution in [0.3, 0.4) is 0 Å². The molecule has 0 saturated heterocycles. The van der Waals surface area contributed by atoms with E-state index >= 15 is 0 Å². The average molecular weight is 599 g/mol. The standard InChI is InChI=1S/C36H33F3N2O3/c1-21(2)26-8-7-9-27(18-26)33(36(37,38)39)40-34(42)28-16-17-32-31(19-28)22(3)23(4)41(32)20-24-12-14-25(15-13-24)29-10-5-6-11-30(29)35(43)44/h5-19,21,33H,20H2,1-4H3,(H,40,42)(H,43,44). The zero-order chi connectivity index (χ0) is 31.8. The van der Waals surface area contributed by atoms with Crippen LogP contribution in [-0.2, 0) is 6.54 Å². The Morgan fingerprint density at radius 1 is 0.864 bits per heavy atom. The lowest BCUT2D eigenvalue weighted by Crippen LogP contribution is -2.38. The van der Waals surface area contributed by atoms with Crippen molar-refractivity contribution in [1.82, 2.24) is 9.88 Å². The third-order valence-electron chi connectivity index (χ3n) is 8.18. The van der Waals surface area contributed by atoms with Gasteiger partial charge in [-0.05, 0) is 77.4 Å². The van der Waals surface area contributed by atoms with Gasteiger partial charge in [-0.1, -0.05) is 80.6 Å². The first-order valence-electron chi connectivity index (χ1n) is 14.3. The summed E-state index contributed by atoms with van der Waals surface area (Å²) in [4.78, 5) is 24.8. The smallest absolute Gasteiger partial charge is 0.412 e. The minimum Gasteiger partial charge on any atom is -0.478 e. The Bertz CT molecular complexity index is 1850. The SMILES string of the molecule is Cc1c(C)n(Cc2ccc(-c3ccccc3C(=O)O)cc2)c2ccc(C(=O)NC(c3cccc(C(C)C)c3)C(F)(F)F)cc12. The number of carbonyl (C=O) groups is 2. The van der Waals surface area contributed by atoms with Gasteiger partial charge in [0.05, 0.1) is 5.56 Å². The molecule has 2 N–H and O–H groups in total. The normalized spacial score (nSPS) is 12.5. The number of fused-ring (bicyclic) bond motifs is 1. The van der Waals surface area contributed by atoms with Crippen LogP contribution in [0.4, 0.5) is 13.2 Å². The van der Waals surface area contributed by atoms with Crippen molar-refractivity contribution in [2.75, 3.05) is 0 Å². The number of benzene rings is 4. The molecule has 1 heterocycles. The summed E-state index contributed by atoms with van der Waals surface area (Å²) < 4.78 is 44.5. The monoisotopic (exact) mass is 598 g/mol. The summed E-state index contributed by atoms with van der Waals surface area (Å²) in [5, 5.41) is 12.6. The Labute approximate surface area is 254 Å². The Balaban J connectivity index is 1.41. The number of aryl methyl sites for hydroxylation is 1. The summed E-state index contributed by atoms with van der Waals surface area (Å²) in [7, 11) is 0. The van der Waals surface area contributed by atoms with Crippen LogP contribution >= 0.6 is 0 Å². The molecule has 4 aromatic carbocycles. The van der Waals surface area contributed by atoms with Crippen LogP contribution in [-0.4, -0.2) is 27.7 Å². The number of aromatic carboxylic acids is 1. The molecule has 0 saturated carbocycles. The third kappa shape index (κ3) is 6.11. The van der Waals surface area contributed by atoms with E-state index in [0.29, 0.717) is 12.1 Å². The predicted molar refractivity (Wildman–Crippen MR) is 166 cm³/mol. The third-order valence-corrected chi connectivity index (χ3v) is 8.18. The highest BCUT2D eigenvalue weighted by Gasteiger charge is 2.42. The maximum absolute atomic E-state index is 14.1. The summed E-state index contributed by atoms with van der Waals surface area (Å²) in [6, 6.07) is 23.6. The number of halogens is 3. The first-order valence-corrected chi connectivity index (χ1v) is 14.3. The van der Waals surface area contributed by atoms with Gasteiger partial charge in [0.15, 0.2) is 6.04 Å². The topological polar surface area (TPSA) is 71.3 Å². The van der Waals surface area contributed by atoms with Gasteiger partial charge in [0.2, 0.25) is 0 Å². The summed E-state index contributed by atoms with van der Waals surface area (Å²) >= 11 is 0. The number of aromatic nitrogens is 1. The number of hydrogen-bond acceptors (Lipinski definition) is 2. The van der Waals surface area contributed by atoms with Crippen molar-refractivity contribution in [3.8, 4) is 11.1 Å². The molecule has 5 aromatic rings. The molecule has 1 unspecified atom stereocenters. The maximum atomic E-state index is 14.1. The lowest BCUT2D eigenvalue weighted by Gasteiger charge is -2.23. The van der Waals surface area contributed by atoms with Crippen LogP contribution in [0.5, 0.6) is 0 Å². The number of carboxylic acids is 1. The largest absolute Gasteiger partial charge is 0.478 e. The van der Waals surface area contributed by atoms with Crippen molar-refractivity contribution in [2.45, 2.75) is 52.4 Å². The van der Waals surface area contributed by atoms with Crippen molar-refractivity contribution < 1.29 is 27.9 Å². The van der Waals surface area contributed by atoms with Gasteiger partial charge in [-0.15, -0.1) is 0 Å². The zero-order valence-corrected chi connectivity index (χ0v) is 24.9. The number of alkyl halides is 3. The maximum Gasteiger partial charge on any atom is 0.412 e. The Morgan fingerprint density at radius 3 is 2.20 bits per heavy atom. The van der Waals surface area contributed by atoms with Crippen molar-refractivity contribution in [3.05, 3.63) is 130 Å². The van der Waals surface area contributed by atoms with Gasteiger partial charge in [0, 0.05) is 28.7 Å². The van der Waals surface area contributed by atoms with Gasteiger partial charge in [-0.3, -0.25) is 4.79 Å². The Hall–Kier alpha value is -4.85. The van der Waals surface area contributed by atoms with Crippen molar-refractivity contribution in [3.63, 3.8) is 0 Å². The van der Waals surface area contributed by atoms with Gasteiger partial charge in [0.25, 0.3) is 5.91 Å². The fourth-order valence-corrected chi connectivity index (χ4v) is 5.55. The lowest BCUT2D eigenvalue weighted by molar-refractivity contribution is -0.155. The molecule has 1 amide bonds. The number of nitrogens with zero attached hydrogens (tertiary/aromatic N) is 1. The molecule has 226 valence electrons. The number of amides is 1. The molecule has 0 aliphatic heterocycles. The Kier molecular flexibility index (Phi) is 8.37. The number of nitrogens with one attached hydrogen (secondary N) is 1. The fourth-order valence-electron chi connectivity index (χ4n) is 5.55. The van der Waals surface area contributed by atoms with Crippen LogP contribution in [0.1, 0.15) is 74.5 Å².